The first-order chi connectivity index (χ1) is 8.00. The van der Waals surface area contributed by atoms with Crippen LogP contribution in [0.1, 0.15) is 32.4 Å². The van der Waals surface area contributed by atoms with Crippen LogP contribution in [0.5, 0.6) is 0 Å². The zero-order valence-corrected chi connectivity index (χ0v) is 10.4. The van der Waals surface area contributed by atoms with E-state index < -0.39 is 6.04 Å². The van der Waals surface area contributed by atoms with E-state index in [0.29, 0.717) is 0 Å². The van der Waals surface area contributed by atoms with Gasteiger partial charge in [-0.05, 0) is 19.4 Å². The Balaban J connectivity index is 2.54. The molecule has 0 saturated heterocycles. The molecular weight excluding hydrogens is 216 g/mol. The van der Waals surface area contributed by atoms with Gasteiger partial charge in [-0.3, -0.25) is 9.59 Å². The summed E-state index contributed by atoms with van der Waals surface area (Å²) in [6, 6.07) is 9.10. The molecule has 0 bridgehead atoms. The minimum Gasteiger partial charge on any atom is -0.348 e. The number of amides is 2. The molecule has 0 radical (unpaired) electrons. The molecule has 0 unspecified atom stereocenters. The molecule has 0 fully saturated rings. The SMILES string of the molecule is CC(=O)N[C@@H](C)C(=O)N[C@@H](C)c1ccccc1. The van der Waals surface area contributed by atoms with Crippen molar-refractivity contribution in [2.45, 2.75) is 32.9 Å². The Morgan fingerprint density at radius 1 is 1.06 bits per heavy atom. The fourth-order valence-electron chi connectivity index (χ4n) is 1.53. The lowest BCUT2D eigenvalue weighted by Crippen LogP contribution is -2.44. The lowest BCUT2D eigenvalue weighted by molar-refractivity contribution is -0.128. The standard InChI is InChI=1S/C13H18N2O2/c1-9(12-7-5-4-6-8-12)15-13(17)10(2)14-11(3)16/h4-10H,1-3H3,(H,14,16)(H,15,17)/t9-,10-/m0/s1. The molecule has 4 heteroatoms. The monoisotopic (exact) mass is 234 g/mol. The molecule has 1 aromatic carbocycles. The molecule has 0 aliphatic carbocycles. The quantitative estimate of drug-likeness (QED) is 0.827. The summed E-state index contributed by atoms with van der Waals surface area (Å²) in [7, 11) is 0. The Morgan fingerprint density at radius 2 is 1.65 bits per heavy atom. The lowest BCUT2D eigenvalue weighted by Gasteiger charge is -2.18. The topological polar surface area (TPSA) is 58.2 Å². The van der Waals surface area contributed by atoms with Crippen LogP contribution in [-0.4, -0.2) is 17.9 Å². The second-order valence-corrected chi connectivity index (χ2v) is 4.06. The minimum atomic E-state index is -0.515. The van der Waals surface area contributed by atoms with E-state index in [9.17, 15) is 9.59 Å². The van der Waals surface area contributed by atoms with Crippen molar-refractivity contribution in [1.82, 2.24) is 10.6 Å². The maximum atomic E-state index is 11.7. The van der Waals surface area contributed by atoms with Crippen LogP contribution in [0.3, 0.4) is 0 Å². The van der Waals surface area contributed by atoms with E-state index >= 15 is 0 Å². The van der Waals surface area contributed by atoms with Gasteiger partial charge in [-0.2, -0.15) is 0 Å². The van der Waals surface area contributed by atoms with E-state index in [0.717, 1.165) is 5.56 Å². The van der Waals surface area contributed by atoms with E-state index in [1.807, 2.05) is 37.3 Å². The van der Waals surface area contributed by atoms with Crippen LogP contribution in [0.4, 0.5) is 0 Å². The predicted molar refractivity (Wildman–Crippen MR) is 66.3 cm³/mol. The first-order valence-electron chi connectivity index (χ1n) is 5.63. The highest BCUT2D eigenvalue weighted by atomic mass is 16.2. The van der Waals surface area contributed by atoms with Gasteiger partial charge in [0.15, 0.2) is 0 Å². The zero-order valence-electron chi connectivity index (χ0n) is 10.4. The van der Waals surface area contributed by atoms with Crippen molar-refractivity contribution in [3.05, 3.63) is 35.9 Å². The Kier molecular flexibility index (Phi) is 4.69. The van der Waals surface area contributed by atoms with Gasteiger partial charge in [0.1, 0.15) is 6.04 Å². The van der Waals surface area contributed by atoms with Crippen molar-refractivity contribution >= 4 is 11.8 Å². The Hall–Kier alpha value is -1.84. The van der Waals surface area contributed by atoms with E-state index in [4.69, 9.17) is 0 Å². The van der Waals surface area contributed by atoms with Crippen LogP contribution in [-0.2, 0) is 9.59 Å². The van der Waals surface area contributed by atoms with Gasteiger partial charge in [-0.25, -0.2) is 0 Å². The second kappa shape index (κ2) is 6.03. The summed E-state index contributed by atoms with van der Waals surface area (Å²) in [5, 5.41) is 5.40. The van der Waals surface area contributed by atoms with Crippen LogP contribution >= 0.6 is 0 Å². The molecule has 0 aliphatic heterocycles. The number of benzene rings is 1. The number of hydrogen-bond acceptors (Lipinski definition) is 2. The van der Waals surface area contributed by atoms with Gasteiger partial charge in [0.05, 0.1) is 6.04 Å². The largest absolute Gasteiger partial charge is 0.348 e. The average Bonchev–Trinajstić information content (AvgIpc) is 2.29. The zero-order chi connectivity index (χ0) is 12.8. The molecule has 0 aliphatic rings. The van der Waals surface area contributed by atoms with E-state index in [1.165, 1.54) is 6.92 Å². The van der Waals surface area contributed by atoms with Gasteiger partial charge in [0, 0.05) is 6.92 Å². The van der Waals surface area contributed by atoms with Gasteiger partial charge in [-0.15, -0.1) is 0 Å². The molecule has 2 atom stereocenters. The Morgan fingerprint density at radius 3 is 2.18 bits per heavy atom. The Labute approximate surface area is 101 Å². The van der Waals surface area contributed by atoms with Gasteiger partial charge >= 0.3 is 0 Å². The van der Waals surface area contributed by atoms with Crippen molar-refractivity contribution in [2.24, 2.45) is 0 Å². The molecule has 1 aromatic rings. The average molecular weight is 234 g/mol. The summed E-state index contributed by atoms with van der Waals surface area (Å²) in [6.45, 7) is 4.96. The van der Waals surface area contributed by atoms with Crippen molar-refractivity contribution in [3.8, 4) is 0 Å². The lowest BCUT2D eigenvalue weighted by atomic mass is 10.1. The molecule has 0 heterocycles. The van der Waals surface area contributed by atoms with Crippen LogP contribution in [0.2, 0.25) is 0 Å². The Bertz CT molecular complexity index is 390. The molecule has 92 valence electrons. The molecule has 2 amide bonds. The molecule has 0 spiro atoms. The highest BCUT2D eigenvalue weighted by molar-refractivity contribution is 5.86. The van der Waals surface area contributed by atoms with E-state index in [1.54, 1.807) is 6.92 Å². The molecule has 0 saturated carbocycles. The van der Waals surface area contributed by atoms with Crippen LogP contribution in [0.25, 0.3) is 0 Å². The summed E-state index contributed by atoms with van der Waals surface area (Å²) in [6.07, 6.45) is 0. The van der Waals surface area contributed by atoms with Gasteiger partial charge < -0.3 is 10.6 Å². The fourth-order valence-corrected chi connectivity index (χ4v) is 1.53. The summed E-state index contributed by atoms with van der Waals surface area (Å²) in [5.74, 6) is -0.392. The second-order valence-electron chi connectivity index (χ2n) is 4.06. The van der Waals surface area contributed by atoms with Gasteiger partial charge in [-0.1, -0.05) is 30.3 Å². The van der Waals surface area contributed by atoms with E-state index in [2.05, 4.69) is 10.6 Å². The molecule has 1 rings (SSSR count). The predicted octanol–water partition coefficient (Wildman–Crippen LogP) is 1.39. The third-order valence-electron chi connectivity index (χ3n) is 2.47. The minimum absolute atomic E-state index is 0.0695. The van der Waals surface area contributed by atoms with Crippen molar-refractivity contribution in [2.75, 3.05) is 0 Å². The summed E-state index contributed by atoms with van der Waals surface area (Å²) in [5.41, 5.74) is 1.04. The fraction of sp³-hybridized carbons (Fsp3) is 0.385. The third kappa shape index (κ3) is 4.26. The number of carbonyl (C=O) groups is 2. The van der Waals surface area contributed by atoms with Crippen LogP contribution in [0.15, 0.2) is 30.3 Å². The van der Waals surface area contributed by atoms with Crippen molar-refractivity contribution < 1.29 is 9.59 Å². The third-order valence-corrected chi connectivity index (χ3v) is 2.47. The van der Waals surface area contributed by atoms with E-state index in [-0.39, 0.29) is 17.9 Å². The maximum Gasteiger partial charge on any atom is 0.242 e. The number of hydrogen-bond donors (Lipinski definition) is 2. The van der Waals surface area contributed by atoms with Crippen molar-refractivity contribution in [3.63, 3.8) is 0 Å². The highest BCUT2D eigenvalue weighted by Crippen LogP contribution is 2.10. The molecule has 2 N–H and O–H groups in total. The molecule has 0 aromatic heterocycles. The summed E-state index contributed by atoms with van der Waals surface area (Å²) >= 11 is 0. The van der Waals surface area contributed by atoms with Crippen molar-refractivity contribution in [1.29, 1.82) is 0 Å². The van der Waals surface area contributed by atoms with Gasteiger partial charge in [0.2, 0.25) is 11.8 Å². The normalized spacial score (nSPS) is 13.6. The number of rotatable bonds is 4. The molecule has 17 heavy (non-hydrogen) atoms. The maximum absolute atomic E-state index is 11.7. The van der Waals surface area contributed by atoms with Crippen LogP contribution in [0, 0.1) is 0 Å². The number of carbonyl (C=O) groups excluding carboxylic acids is 2. The van der Waals surface area contributed by atoms with Crippen LogP contribution < -0.4 is 10.6 Å². The smallest absolute Gasteiger partial charge is 0.242 e. The number of nitrogens with one attached hydrogen (secondary N) is 2. The molecular formula is C13H18N2O2. The first-order valence-corrected chi connectivity index (χ1v) is 5.63. The van der Waals surface area contributed by atoms with Gasteiger partial charge in [0.25, 0.3) is 0 Å². The summed E-state index contributed by atoms with van der Waals surface area (Å²) < 4.78 is 0. The summed E-state index contributed by atoms with van der Waals surface area (Å²) in [4.78, 5) is 22.6. The molecule has 4 nitrogen and oxygen atoms in total. The highest BCUT2D eigenvalue weighted by Gasteiger charge is 2.16. The first kappa shape index (κ1) is 13.2.